The molecular formula is C17H20N2O4. The van der Waals surface area contributed by atoms with Gasteiger partial charge in [0, 0.05) is 16.8 Å². The van der Waals surface area contributed by atoms with Crippen molar-refractivity contribution in [2.75, 3.05) is 5.32 Å². The second-order valence-electron chi connectivity index (χ2n) is 5.68. The van der Waals surface area contributed by atoms with Crippen LogP contribution in [0.2, 0.25) is 0 Å². The summed E-state index contributed by atoms with van der Waals surface area (Å²) in [6.07, 6.45) is 2.77. The van der Waals surface area contributed by atoms with E-state index in [0.29, 0.717) is 11.3 Å². The van der Waals surface area contributed by atoms with Crippen molar-refractivity contribution < 1.29 is 19.5 Å². The Morgan fingerprint density at radius 1 is 1.09 bits per heavy atom. The van der Waals surface area contributed by atoms with Crippen molar-refractivity contribution in [2.45, 2.75) is 39.2 Å². The van der Waals surface area contributed by atoms with Crippen LogP contribution in [0.4, 0.5) is 5.69 Å². The van der Waals surface area contributed by atoms with E-state index in [1.807, 2.05) is 6.92 Å². The first kappa shape index (κ1) is 16.7. The van der Waals surface area contributed by atoms with Gasteiger partial charge < -0.3 is 15.7 Å². The normalized spacial score (nSPS) is 15.2. The van der Waals surface area contributed by atoms with Crippen LogP contribution in [0.5, 0.6) is 0 Å². The van der Waals surface area contributed by atoms with E-state index in [2.05, 4.69) is 10.6 Å². The van der Waals surface area contributed by atoms with Crippen LogP contribution in [0.25, 0.3) is 0 Å². The van der Waals surface area contributed by atoms with Crippen LogP contribution >= 0.6 is 0 Å². The topological polar surface area (TPSA) is 95.5 Å². The monoisotopic (exact) mass is 316 g/mol. The van der Waals surface area contributed by atoms with Crippen LogP contribution in [-0.2, 0) is 9.59 Å². The Bertz CT molecular complexity index is 662. The van der Waals surface area contributed by atoms with Crippen molar-refractivity contribution in [2.24, 2.45) is 0 Å². The van der Waals surface area contributed by atoms with Crippen LogP contribution in [0.1, 0.15) is 43.5 Å². The van der Waals surface area contributed by atoms with Crippen molar-refractivity contribution >= 4 is 23.5 Å². The van der Waals surface area contributed by atoms with Gasteiger partial charge in [0.1, 0.15) is 6.04 Å². The lowest BCUT2D eigenvalue weighted by atomic mass is 10.1. The van der Waals surface area contributed by atoms with E-state index in [0.717, 1.165) is 30.4 Å². The summed E-state index contributed by atoms with van der Waals surface area (Å²) in [5, 5.41) is 14.0. The summed E-state index contributed by atoms with van der Waals surface area (Å²) >= 11 is 0. The number of anilines is 1. The number of aliphatic carboxylic acids is 1. The molecule has 0 bridgehead atoms. The second-order valence-corrected chi connectivity index (χ2v) is 5.68. The highest BCUT2D eigenvalue weighted by Crippen LogP contribution is 2.26. The van der Waals surface area contributed by atoms with Crippen molar-refractivity contribution in [1.82, 2.24) is 5.32 Å². The zero-order chi connectivity index (χ0) is 17.0. The molecular weight excluding hydrogens is 296 g/mol. The fourth-order valence-corrected chi connectivity index (χ4v) is 2.46. The molecule has 1 aromatic carbocycles. The molecule has 1 atom stereocenters. The van der Waals surface area contributed by atoms with Gasteiger partial charge in [0.25, 0.3) is 11.8 Å². The molecule has 1 aliphatic carbocycles. The van der Waals surface area contributed by atoms with E-state index in [1.54, 1.807) is 24.3 Å². The molecule has 23 heavy (non-hydrogen) atoms. The van der Waals surface area contributed by atoms with Gasteiger partial charge in [-0.3, -0.25) is 14.4 Å². The van der Waals surface area contributed by atoms with Crippen molar-refractivity contribution in [3.63, 3.8) is 0 Å². The number of hydrogen-bond acceptors (Lipinski definition) is 3. The summed E-state index contributed by atoms with van der Waals surface area (Å²) in [7, 11) is 0. The Morgan fingerprint density at radius 3 is 2.26 bits per heavy atom. The van der Waals surface area contributed by atoms with Gasteiger partial charge >= 0.3 is 5.97 Å². The molecule has 3 N–H and O–H groups in total. The molecule has 0 spiro atoms. The van der Waals surface area contributed by atoms with E-state index < -0.39 is 17.9 Å². The highest BCUT2D eigenvalue weighted by Gasteiger charge is 2.18. The third-order valence-corrected chi connectivity index (χ3v) is 3.89. The van der Waals surface area contributed by atoms with Gasteiger partial charge in [0.05, 0.1) is 0 Å². The lowest BCUT2D eigenvalue weighted by Gasteiger charge is -2.10. The molecule has 1 unspecified atom stereocenters. The Morgan fingerprint density at radius 2 is 1.74 bits per heavy atom. The lowest BCUT2D eigenvalue weighted by Crippen LogP contribution is -2.38. The number of carboxylic acid groups (broad SMARTS) is 1. The fraction of sp³-hybridized carbons (Fsp3) is 0.353. The van der Waals surface area contributed by atoms with Crippen LogP contribution < -0.4 is 10.6 Å². The molecule has 0 aliphatic heterocycles. The highest BCUT2D eigenvalue weighted by molar-refractivity contribution is 6.05. The van der Waals surface area contributed by atoms with E-state index in [1.165, 1.54) is 6.92 Å². The number of amides is 2. The first-order valence-corrected chi connectivity index (χ1v) is 7.52. The first-order valence-electron chi connectivity index (χ1n) is 7.52. The minimum absolute atomic E-state index is 0.100. The molecule has 1 aromatic rings. The van der Waals surface area contributed by atoms with Gasteiger partial charge in [-0.25, -0.2) is 0 Å². The van der Waals surface area contributed by atoms with Gasteiger partial charge in [0.15, 0.2) is 0 Å². The number of carbonyl (C=O) groups is 3. The molecule has 0 fully saturated rings. The van der Waals surface area contributed by atoms with Crippen molar-refractivity contribution in [3.05, 3.63) is 41.0 Å². The number of carbonyl (C=O) groups excluding carboxylic acids is 2. The van der Waals surface area contributed by atoms with E-state index in [9.17, 15) is 14.4 Å². The van der Waals surface area contributed by atoms with Gasteiger partial charge in [0.2, 0.25) is 0 Å². The molecule has 0 radical (unpaired) electrons. The fourth-order valence-electron chi connectivity index (χ4n) is 2.46. The van der Waals surface area contributed by atoms with Gasteiger partial charge in [-0.05, 0) is 57.4 Å². The molecule has 1 aliphatic rings. The maximum Gasteiger partial charge on any atom is 0.325 e. The Labute approximate surface area is 134 Å². The Kier molecular flexibility index (Phi) is 5.16. The summed E-state index contributed by atoms with van der Waals surface area (Å²) in [6.45, 7) is 3.37. The average Bonchev–Trinajstić information content (AvgIpc) is 2.94. The Hall–Kier alpha value is -2.63. The standard InChI is InChI=1S/C17H20N2O4/c1-10-4-3-5-14(10)16(21)19-13-8-6-12(7-9-13)15(20)18-11(2)17(22)23/h6-9,11H,3-5H2,1-2H3,(H,18,20)(H,19,21)(H,22,23). The van der Waals surface area contributed by atoms with Gasteiger partial charge in [-0.2, -0.15) is 0 Å². The minimum Gasteiger partial charge on any atom is -0.480 e. The number of hydrogen-bond donors (Lipinski definition) is 3. The molecule has 6 nitrogen and oxygen atoms in total. The number of rotatable bonds is 5. The zero-order valence-electron chi connectivity index (χ0n) is 13.2. The quantitative estimate of drug-likeness (QED) is 0.777. The van der Waals surface area contributed by atoms with Crippen LogP contribution in [0.15, 0.2) is 35.4 Å². The number of nitrogens with one attached hydrogen (secondary N) is 2. The van der Waals surface area contributed by atoms with Gasteiger partial charge in [-0.15, -0.1) is 0 Å². The second kappa shape index (κ2) is 7.09. The number of allylic oxidation sites excluding steroid dienone is 1. The molecule has 2 amide bonds. The summed E-state index contributed by atoms with van der Waals surface area (Å²) < 4.78 is 0. The zero-order valence-corrected chi connectivity index (χ0v) is 13.2. The molecule has 6 heteroatoms. The minimum atomic E-state index is -1.09. The molecule has 122 valence electrons. The van der Waals surface area contributed by atoms with Crippen LogP contribution in [0.3, 0.4) is 0 Å². The Balaban J connectivity index is 1.99. The van der Waals surface area contributed by atoms with Crippen molar-refractivity contribution in [3.8, 4) is 0 Å². The predicted octanol–water partition coefficient (Wildman–Crippen LogP) is 2.33. The molecule has 2 rings (SSSR count). The molecule has 0 aromatic heterocycles. The molecule has 0 heterocycles. The number of carboxylic acids is 1. The summed E-state index contributed by atoms with van der Waals surface area (Å²) in [4.78, 5) is 34.8. The summed E-state index contributed by atoms with van der Waals surface area (Å²) in [5.74, 6) is -1.66. The average molecular weight is 316 g/mol. The van der Waals surface area contributed by atoms with E-state index >= 15 is 0 Å². The summed E-state index contributed by atoms with van der Waals surface area (Å²) in [6, 6.07) is 5.40. The maximum absolute atomic E-state index is 12.2. The summed E-state index contributed by atoms with van der Waals surface area (Å²) in [5.41, 5.74) is 2.90. The maximum atomic E-state index is 12.2. The predicted molar refractivity (Wildman–Crippen MR) is 86.2 cm³/mol. The van der Waals surface area contributed by atoms with Crippen molar-refractivity contribution in [1.29, 1.82) is 0 Å². The highest BCUT2D eigenvalue weighted by atomic mass is 16.4. The molecule has 0 saturated heterocycles. The third kappa shape index (κ3) is 4.18. The molecule has 0 saturated carbocycles. The van der Waals surface area contributed by atoms with Gasteiger partial charge in [-0.1, -0.05) is 5.57 Å². The number of benzene rings is 1. The third-order valence-electron chi connectivity index (χ3n) is 3.89. The van der Waals surface area contributed by atoms with Crippen LogP contribution in [0, 0.1) is 0 Å². The first-order chi connectivity index (χ1) is 10.9. The smallest absolute Gasteiger partial charge is 0.325 e. The van der Waals surface area contributed by atoms with Crippen LogP contribution in [-0.4, -0.2) is 28.9 Å². The lowest BCUT2D eigenvalue weighted by molar-refractivity contribution is -0.138. The largest absolute Gasteiger partial charge is 0.480 e. The van der Waals surface area contributed by atoms with E-state index in [4.69, 9.17) is 5.11 Å². The SMILES string of the molecule is CC1=C(C(=O)Nc2ccc(C(=O)NC(C)C(=O)O)cc2)CCC1. The van der Waals surface area contributed by atoms with E-state index in [-0.39, 0.29) is 5.91 Å².